The lowest BCUT2D eigenvalue weighted by molar-refractivity contribution is 0.175. The molecule has 0 aromatic carbocycles. The minimum Gasteiger partial charge on any atom is -0.393 e. The van der Waals surface area contributed by atoms with Crippen molar-refractivity contribution in [2.75, 3.05) is 17.2 Å². The van der Waals surface area contributed by atoms with E-state index in [9.17, 15) is 9.90 Å². The van der Waals surface area contributed by atoms with E-state index in [1.165, 1.54) is 6.33 Å². The Bertz CT molecular complexity index is 443. The summed E-state index contributed by atoms with van der Waals surface area (Å²) < 4.78 is 0. The van der Waals surface area contributed by atoms with Crippen LogP contribution in [0.1, 0.15) is 26.2 Å². The van der Waals surface area contributed by atoms with Crippen LogP contribution in [0.2, 0.25) is 0 Å². The first kappa shape index (κ1) is 11.9. The molecular weight excluding hydrogens is 220 g/mol. The van der Waals surface area contributed by atoms with Gasteiger partial charge in [-0.25, -0.2) is 4.98 Å². The maximum absolute atomic E-state index is 11.4. The van der Waals surface area contributed by atoms with Crippen molar-refractivity contribution in [3.63, 3.8) is 0 Å². The second kappa shape index (κ2) is 4.75. The van der Waals surface area contributed by atoms with Crippen LogP contribution in [0.4, 0.5) is 11.5 Å². The quantitative estimate of drug-likeness (QED) is 0.693. The molecule has 1 fully saturated rings. The number of hydrogen-bond donors (Lipinski definition) is 3. The molecule has 0 bridgehead atoms. The van der Waals surface area contributed by atoms with Gasteiger partial charge in [-0.05, 0) is 26.2 Å². The third kappa shape index (κ3) is 2.41. The van der Waals surface area contributed by atoms with Crippen LogP contribution < -0.4 is 16.2 Å². The highest BCUT2D eigenvalue weighted by molar-refractivity contribution is 5.61. The SMILES string of the molecule is CC(O)CC1CCCN1c1nc[nH]c(=O)c1N. The number of nitrogens with two attached hydrogens (primary N) is 1. The van der Waals surface area contributed by atoms with Gasteiger partial charge in [0.15, 0.2) is 5.82 Å². The lowest BCUT2D eigenvalue weighted by Crippen LogP contribution is -2.34. The fourth-order valence-corrected chi connectivity index (χ4v) is 2.38. The molecule has 17 heavy (non-hydrogen) atoms. The van der Waals surface area contributed by atoms with Crippen molar-refractivity contribution in [1.82, 2.24) is 9.97 Å². The third-order valence-corrected chi connectivity index (χ3v) is 3.13. The Balaban J connectivity index is 2.26. The van der Waals surface area contributed by atoms with Gasteiger partial charge in [0.25, 0.3) is 5.56 Å². The van der Waals surface area contributed by atoms with Crippen LogP contribution in [0.5, 0.6) is 0 Å². The van der Waals surface area contributed by atoms with Gasteiger partial charge in [0.1, 0.15) is 5.69 Å². The Morgan fingerprint density at radius 3 is 3.24 bits per heavy atom. The molecule has 0 radical (unpaired) electrons. The van der Waals surface area contributed by atoms with Gasteiger partial charge in [0.2, 0.25) is 0 Å². The first-order valence-electron chi connectivity index (χ1n) is 5.87. The predicted octanol–water partition coefficient (Wildman–Crippen LogP) is 0.0918. The van der Waals surface area contributed by atoms with E-state index in [4.69, 9.17) is 5.73 Å². The maximum atomic E-state index is 11.4. The highest BCUT2D eigenvalue weighted by atomic mass is 16.3. The zero-order valence-electron chi connectivity index (χ0n) is 9.89. The average molecular weight is 238 g/mol. The number of aliphatic hydroxyl groups excluding tert-OH is 1. The summed E-state index contributed by atoms with van der Waals surface area (Å²) in [5.41, 5.74) is 5.59. The van der Waals surface area contributed by atoms with E-state index in [2.05, 4.69) is 9.97 Å². The van der Waals surface area contributed by atoms with E-state index >= 15 is 0 Å². The van der Waals surface area contributed by atoms with E-state index in [1.54, 1.807) is 6.92 Å². The van der Waals surface area contributed by atoms with Gasteiger partial charge in [-0.2, -0.15) is 0 Å². The predicted molar refractivity (Wildman–Crippen MR) is 65.9 cm³/mol. The molecule has 2 heterocycles. The molecule has 0 aliphatic carbocycles. The number of hydrogen-bond acceptors (Lipinski definition) is 5. The summed E-state index contributed by atoms with van der Waals surface area (Å²) in [5.74, 6) is 0.539. The molecule has 0 saturated carbocycles. The van der Waals surface area contributed by atoms with Crippen LogP contribution in [-0.4, -0.2) is 33.8 Å². The summed E-state index contributed by atoms with van der Waals surface area (Å²) >= 11 is 0. The largest absolute Gasteiger partial charge is 0.393 e. The highest BCUT2D eigenvalue weighted by Crippen LogP contribution is 2.28. The second-order valence-electron chi connectivity index (χ2n) is 4.54. The van der Waals surface area contributed by atoms with Crippen LogP contribution >= 0.6 is 0 Å². The molecule has 0 spiro atoms. The number of anilines is 2. The molecule has 2 rings (SSSR count). The van der Waals surface area contributed by atoms with Crippen molar-refractivity contribution in [3.8, 4) is 0 Å². The van der Waals surface area contributed by atoms with Crippen LogP contribution in [-0.2, 0) is 0 Å². The molecule has 94 valence electrons. The third-order valence-electron chi connectivity index (χ3n) is 3.13. The zero-order valence-corrected chi connectivity index (χ0v) is 9.89. The number of H-pyrrole nitrogens is 1. The lowest BCUT2D eigenvalue weighted by atomic mass is 10.1. The Morgan fingerprint density at radius 2 is 2.53 bits per heavy atom. The number of rotatable bonds is 3. The number of aromatic nitrogens is 2. The number of aliphatic hydroxyl groups is 1. The molecule has 1 saturated heterocycles. The van der Waals surface area contributed by atoms with Gasteiger partial charge >= 0.3 is 0 Å². The van der Waals surface area contributed by atoms with Crippen molar-refractivity contribution in [3.05, 3.63) is 16.7 Å². The minimum absolute atomic E-state index is 0.157. The Morgan fingerprint density at radius 1 is 1.76 bits per heavy atom. The van der Waals surface area contributed by atoms with Crippen molar-refractivity contribution < 1.29 is 5.11 Å². The Hall–Kier alpha value is -1.56. The van der Waals surface area contributed by atoms with Gasteiger partial charge in [-0.1, -0.05) is 0 Å². The molecule has 1 aliphatic rings. The highest BCUT2D eigenvalue weighted by Gasteiger charge is 2.28. The minimum atomic E-state index is -0.358. The van der Waals surface area contributed by atoms with Crippen molar-refractivity contribution >= 4 is 11.5 Å². The summed E-state index contributed by atoms with van der Waals surface area (Å²) in [7, 11) is 0. The van der Waals surface area contributed by atoms with E-state index in [1.807, 2.05) is 4.90 Å². The number of nitrogens with zero attached hydrogens (tertiary/aromatic N) is 2. The molecule has 4 N–H and O–H groups in total. The van der Waals surface area contributed by atoms with Gasteiger partial charge in [0.05, 0.1) is 12.4 Å². The maximum Gasteiger partial charge on any atom is 0.276 e. The number of nitrogens with one attached hydrogen (secondary N) is 1. The fourth-order valence-electron chi connectivity index (χ4n) is 2.38. The van der Waals surface area contributed by atoms with E-state index < -0.39 is 0 Å². The zero-order chi connectivity index (χ0) is 12.4. The first-order valence-corrected chi connectivity index (χ1v) is 5.87. The van der Waals surface area contributed by atoms with Gasteiger partial charge in [-0.3, -0.25) is 4.79 Å². The Kier molecular flexibility index (Phi) is 3.33. The smallest absolute Gasteiger partial charge is 0.276 e. The number of aromatic amines is 1. The van der Waals surface area contributed by atoms with Crippen LogP contribution in [0.15, 0.2) is 11.1 Å². The van der Waals surface area contributed by atoms with Gasteiger partial charge in [0, 0.05) is 12.6 Å². The summed E-state index contributed by atoms with van der Waals surface area (Å²) in [6.07, 6.45) is 3.72. The van der Waals surface area contributed by atoms with E-state index in [-0.39, 0.29) is 23.4 Å². The average Bonchev–Trinajstić information content (AvgIpc) is 2.69. The van der Waals surface area contributed by atoms with Crippen LogP contribution in [0, 0.1) is 0 Å². The Labute approximate surface area is 99.5 Å². The van der Waals surface area contributed by atoms with Crippen molar-refractivity contribution in [2.45, 2.75) is 38.3 Å². The second-order valence-corrected chi connectivity index (χ2v) is 4.54. The van der Waals surface area contributed by atoms with Crippen LogP contribution in [0.3, 0.4) is 0 Å². The molecule has 6 nitrogen and oxygen atoms in total. The molecule has 2 atom stereocenters. The van der Waals surface area contributed by atoms with Crippen molar-refractivity contribution in [2.24, 2.45) is 0 Å². The molecule has 1 aromatic rings. The monoisotopic (exact) mass is 238 g/mol. The number of nitrogen functional groups attached to an aromatic ring is 1. The van der Waals surface area contributed by atoms with Crippen molar-refractivity contribution in [1.29, 1.82) is 0 Å². The van der Waals surface area contributed by atoms with E-state index in [0.717, 1.165) is 19.4 Å². The van der Waals surface area contributed by atoms with Crippen LogP contribution in [0.25, 0.3) is 0 Å². The lowest BCUT2D eigenvalue weighted by Gasteiger charge is -2.27. The first-order chi connectivity index (χ1) is 8.09. The topological polar surface area (TPSA) is 95.2 Å². The standard InChI is InChI=1S/C11H18N4O2/c1-7(16)5-8-3-2-4-15(8)10-9(12)11(17)14-6-13-10/h6-8,16H,2-5,12H2,1H3,(H,13,14,17). The normalized spacial score (nSPS) is 21.8. The summed E-state index contributed by atoms with van der Waals surface area (Å²) in [6, 6.07) is 0.214. The molecule has 1 aromatic heterocycles. The summed E-state index contributed by atoms with van der Waals surface area (Å²) in [4.78, 5) is 20.0. The molecule has 0 amide bonds. The molecular formula is C11H18N4O2. The van der Waals surface area contributed by atoms with E-state index in [0.29, 0.717) is 12.2 Å². The van der Waals surface area contributed by atoms with Gasteiger partial charge < -0.3 is 20.7 Å². The van der Waals surface area contributed by atoms with Gasteiger partial charge in [-0.15, -0.1) is 0 Å². The molecule has 6 heteroatoms. The fraction of sp³-hybridized carbons (Fsp3) is 0.636. The summed E-state index contributed by atoms with van der Waals surface area (Å²) in [6.45, 7) is 2.60. The molecule has 2 unspecified atom stereocenters. The summed E-state index contributed by atoms with van der Waals surface area (Å²) in [5, 5.41) is 9.46. The molecule has 1 aliphatic heterocycles.